The summed E-state index contributed by atoms with van der Waals surface area (Å²) in [6.45, 7) is 0. The van der Waals surface area contributed by atoms with Crippen LogP contribution in [0.2, 0.25) is 0 Å². The maximum absolute atomic E-state index is 13.2. The van der Waals surface area contributed by atoms with Gasteiger partial charge in [-0.05, 0) is 59.5 Å². The van der Waals surface area contributed by atoms with Gasteiger partial charge in [-0.3, -0.25) is 4.79 Å². The summed E-state index contributed by atoms with van der Waals surface area (Å²) in [5, 5.41) is 8.33. The number of amides is 1. The third kappa shape index (κ3) is 3.51. The maximum atomic E-state index is 13.2. The number of methoxy groups -OCH3 is 2. The van der Waals surface area contributed by atoms with Crippen LogP contribution in [-0.4, -0.2) is 30.8 Å². The average Bonchev–Trinajstić information content (AvgIpc) is 3.43. The second kappa shape index (κ2) is 7.86. The Kier molecular flexibility index (Phi) is 5.12. The molecule has 4 rings (SSSR count). The smallest absolute Gasteiger partial charge is 0.274 e. The number of rotatable bonds is 5. The van der Waals surface area contributed by atoms with E-state index in [1.165, 1.54) is 0 Å². The largest absolute Gasteiger partial charge is 0.497 e. The number of hydrogen-bond donors (Lipinski definition) is 0. The van der Waals surface area contributed by atoms with Crippen LogP contribution in [0.1, 0.15) is 33.3 Å². The van der Waals surface area contributed by atoms with E-state index >= 15 is 0 Å². The van der Waals surface area contributed by atoms with Gasteiger partial charge in [0.25, 0.3) is 5.91 Å². The van der Waals surface area contributed by atoms with Gasteiger partial charge < -0.3 is 9.47 Å². The molecular weight excluding hydrogens is 372 g/mol. The molecule has 3 aromatic rings. The molecule has 0 radical (unpaired) electrons. The second-order valence-corrected chi connectivity index (χ2v) is 7.37. The molecule has 2 heterocycles. The van der Waals surface area contributed by atoms with Crippen molar-refractivity contribution in [2.75, 3.05) is 14.2 Å². The molecular formula is C22H20N2O3S. The zero-order chi connectivity index (χ0) is 19.5. The average molecular weight is 392 g/mol. The number of nitrogens with zero attached hydrogens (tertiary/aromatic N) is 2. The molecule has 0 aliphatic carbocycles. The van der Waals surface area contributed by atoms with Crippen molar-refractivity contribution >= 4 is 23.0 Å². The van der Waals surface area contributed by atoms with Crippen LogP contribution in [0.5, 0.6) is 11.5 Å². The van der Waals surface area contributed by atoms with Gasteiger partial charge in [-0.1, -0.05) is 12.1 Å². The van der Waals surface area contributed by atoms with Crippen molar-refractivity contribution in [1.82, 2.24) is 5.01 Å². The molecule has 142 valence electrons. The van der Waals surface area contributed by atoms with Crippen molar-refractivity contribution in [2.24, 2.45) is 5.10 Å². The van der Waals surface area contributed by atoms with Gasteiger partial charge in [0.15, 0.2) is 0 Å². The van der Waals surface area contributed by atoms with E-state index in [0.717, 1.165) is 21.9 Å². The van der Waals surface area contributed by atoms with E-state index in [1.807, 2.05) is 53.9 Å². The lowest BCUT2D eigenvalue weighted by atomic mass is 10.0. The minimum absolute atomic E-state index is 0.115. The first kappa shape index (κ1) is 18.3. The molecule has 0 saturated carbocycles. The van der Waals surface area contributed by atoms with E-state index in [9.17, 15) is 4.79 Å². The van der Waals surface area contributed by atoms with E-state index < -0.39 is 0 Å². The van der Waals surface area contributed by atoms with Crippen LogP contribution < -0.4 is 9.47 Å². The van der Waals surface area contributed by atoms with E-state index in [1.54, 1.807) is 42.7 Å². The summed E-state index contributed by atoms with van der Waals surface area (Å²) in [5.41, 5.74) is 2.43. The molecule has 0 N–H and O–H groups in total. The molecule has 0 fully saturated rings. The Bertz CT molecular complexity index is 997. The Morgan fingerprint density at radius 2 is 1.82 bits per heavy atom. The summed E-state index contributed by atoms with van der Waals surface area (Å²) < 4.78 is 10.5. The van der Waals surface area contributed by atoms with Crippen molar-refractivity contribution in [3.05, 3.63) is 82.0 Å². The van der Waals surface area contributed by atoms with Gasteiger partial charge in [-0.2, -0.15) is 5.10 Å². The van der Waals surface area contributed by atoms with Gasteiger partial charge in [-0.25, -0.2) is 5.01 Å². The molecule has 1 aliphatic heterocycles. The molecule has 1 atom stereocenters. The summed E-state index contributed by atoms with van der Waals surface area (Å²) in [4.78, 5) is 14.4. The van der Waals surface area contributed by atoms with Crippen molar-refractivity contribution in [2.45, 2.75) is 12.5 Å². The Morgan fingerprint density at radius 1 is 1.04 bits per heavy atom. The lowest BCUT2D eigenvalue weighted by molar-refractivity contribution is 0.0713. The molecule has 1 amide bonds. The molecule has 0 bridgehead atoms. The standard InChI is InChI=1S/C22H20N2O3S/c1-26-17-10-8-15(9-11-17)19-14-20(21-7-4-12-28-21)24(23-19)22(25)16-5-3-6-18(13-16)27-2/h3-13,20H,14H2,1-2H3. The SMILES string of the molecule is COc1ccc(C2=NN(C(=O)c3cccc(OC)c3)C(c3cccs3)C2)cc1. The molecule has 28 heavy (non-hydrogen) atoms. The van der Waals surface area contributed by atoms with Crippen LogP contribution in [0, 0.1) is 0 Å². The number of benzene rings is 2. The zero-order valence-corrected chi connectivity index (χ0v) is 16.5. The van der Waals surface area contributed by atoms with Crippen LogP contribution in [0.15, 0.2) is 71.1 Å². The second-order valence-electron chi connectivity index (χ2n) is 6.39. The van der Waals surface area contributed by atoms with Gasteiger partial charge in [0.2, 0.25) is 0 Å². The number of carbonyl (C=O) groups excluding carboxylic acids is 1. The molecule has 1 aromatic heterocycles. The fourth-order valence-electron chi connectivity index (χ4n) is 3.25. The lowest BCUT2D eigenvalue weighted by Gasteiger charge is -2.20. The number of hydrazone groups is 1. The van der Waals surface area contributed by atoms with Crippen LogP contribution in [-0.2, 0) is 0 Å². The minimum Gasteiger partial charge on any atom is -0.497 e. The van der Waals surface area contributed by atoms with Gasteiger partial charge in [0.05, 0.1) is 26.0 Å². The van der Waals surface area contributed by atoms with Crippen LogP contribution in [0.3, 0.4) is 0 Å². The number of thiophene rings is 1. The molecule has 0 saturated heterocycles. The first-order chi connectivity index (χ1) is 13.7. The third-order valence-electron chi connectivity index (χ3n) is 4.73. The van der Waals surface area contributed by atoms with E-state index in [0.29, 0.717) is 17.7 Å². The van der Waals surface area contributed by atoms with Crippen molar-refractivity contribution < 1.29 is 14.3 Å². The van der Waals surface area contributed by atoms with Gasteiger partial charge in [-0.15, -0.1) is 11.3 Å². The minimum atomic E-state index is -0.138. The Hall–Kier alpha value is -3.12. The lowest BCUT2D eigenvalue weighted by Crippen LogP contribution is -2.26. The first-order valence-corrected chi connectivity index (χ1v) is 9.80. The van der Waals surface area contributed by atoms with Gasteiger partial charge in [0.1, 0.15) is 11.5 Å². The molecule has 0 spiro atoms. The Balaban J connectivity index is 1.69. The van der Waals surface area contributed by atoms with Crippen molar-refractivity contribution in [3.63, 3.8) is 0 Å². The van der Waals surface area contributed by atoms with E-state index in [4.69, 9.17) is 14.6 Å². The Labute approximate surface area is 167 Å². The highest BCUT2D eigenvalue weighted by Crippen LogP contribution is 2.36. The molecule has 1 aliphatic rings. The van der Waals surface area contributed by atoms with Crippen LogP contribution in [0.4, 0.5) is 0 Å². The first-order valence-electron chi connectivity index (χ1n) is 8.92. The zero-order valence-electron chi connectivity index (χ0n) is 15.7. The summed E-state index contributed by atoms with van der Waals surface area (Å²) in [7, 11) is 3.23. The maximum Gasteiger partial charge on any atom is 0.274 e. The van der Waals surface area contributed by atoms with Crippen LogP contribution in [0.25, 0.3) is 0 Å². The predicted molar refractivity (Wildman–Crippen MR) is 110 cm³/mol. The van der Waals surface area contributed by atoms with Crippen LogP contribution >= 0.6 is 11.3 Å². The number of hydrogen-bond acceptors (Lipinski definition) is 5. The highest BCUT2D eigenvalue weighted by molar-refractivity contribution is 7.10. The normalized spacial score (nSPS) is 16.0. The summed E-state index contributed by atoms with van der Waals surface area (Å²) in [5.74, 6) is 1.30. The molecule has 2 aromatic carbocycles. The topological polar surface area (TPSA) is 51.1 Å². The third-order valence-corrected chi connectivity index (χ3v) is 5.70. The summed E-state index contributed by atoms with van der Waals surface area (Å²) >= 11 is 1.64. The quantitative estimate of drug-likeness (QED) is 0.629. The van der Waals surface area contributed by atoms with E-state index in [2.05, 4.69) is 0 Å². The summed E-state index contributed by atoms with van der Waals surface area (Å²) in [6, 6.07) is 18.9. The highest BCUT2D eigenvalue weighted by atomic mass is 32.1. The predicted octanol–water partition coefficient (Wildman–Crippen LogP) is 4.76. The van der Waals surface area contributed by atoms with Gasteiger partial charge in [0, 0.05) is 16.9 Å². The highest BCUT2D eigenvalue weighted by Gasteiger charge is 2.34. The number of carbonyl (C=O) groups is 1. The molecule has 1 unspecified atom stereocenters. The molecule has 6 heteroatoms. The van der Waals surface area contributed by atoms with Crippen molar-refractivity contribution in [3.8, 4) is 11.5 Å². The Morgan fingerprint density at radius 3 is 2.50 bits per heavy atom. The fraction of sp³-hybridized carbons (Fsp3) is 0.182. The van der Waals surface area contributed by atoms with Gasteiger partial charge >= 0.3 is 0 Å². The summed E-state index contributed by atoms with van der Waals surface area (Å²) in [6.07, 6.45) is 0.669. The molecule has 5 nitrogen and oxygen atoms in total. The number of ether oxygens (including phenoxy) is 2. The van der Waals surface area contributed by atoms with Crippen molar-refractivity contribution in [1.29, 1.82) is 0 Å². The monoisotopic (exact) mass is 392 g/mol. The fourth-order valence-corrected chi connectivity index (χ4v) is 4.06. The van der Waals surface area contributed by atoms with E-state index in [-0.39, 0.29) is 11.9 Å².